The van der Waals surface area contributed by atoms with Crippen molar-refractivity contribution in [3.05, 3.63) is 28.5 Å². The van der Waals surface area contributed by atoms with Gasteiger partial charge >= 0.3 is 6.09 Å². The average molecular weight is 310 g/mol. The maximum Gasteiger partial charge on any atom is 0.597 e. The molecular weight excluding hydrogens is 288 g/mol. The van der Waals surface area contributed by atoms with E-state index in [9.17, 15) is 4.79 Å². The summed E-state index contributed by atoms with van der Waals surface area (Å²) in [4.78, 5) is 16.9. The first-order valence-corrected chi connectivity index (χ1v) is 7.56. The maximum atomic E-state index is 12.4. The van der Waals surface area contributed by atoms with Gasteiger partial charge < -0.3 is 4.74 Å². The summed E-state index contributed by atoms with van der Waals surface area (Å²) in [6, 6.07) is 1.79. The molecule has 0 aliphatic carbocycles. The van der Waals surface area contributed by atoms with E-state index in [0.29, 0.717) is 11.4 Å². The Labute approximate surface area is 130 Å². The number of amides is 1. The molecule has 0 saturated carbocycles. The number of fused-ring (bicyclic) bond motifs is 1. The lowest BCUT2D eigenvalue weighted by Gasteiger charge is -2.25. The molecular formula is C16H22ClN2O2+. The van der Waals surface area contributed by atoms with E-state index >= 15 is 0 Å². The van der Waals surface area contributed by atoms with Crippen molar-refractivity contribution in [1.82, 2.24) is 4.98 Å². The average Bonchev–Trinajstić information content (AvgIpc) is 2.34. The molecule has 1 atom stereocenters. The molecule has 5 heteroatoms. The summed E-state index contributed by atoms with van der Waals surface area (Å²) in [5, 5.41) is 0.621. The molecule has 1 aliphatic heterocycles. The molecule has 1 aromatic rings. The van der Waals surface area contributed by atoms with Gasteiger partial charge in [0.25, 0.3) is 0 Å². The number of nitrogens with zero attached hydrogens (tertiary/aromatic N) is 2. The number of ether oxygens (including phenoxy) is 1. The van der Waals surface area contributed by atoms with Crippen molar-refractivity contribution in [3.8, 4) is 0 Å². The zero-order chi connectivity index (χ0) is 15.8. The highest BCUT2D eigenvalue weighted by molar-refractivity contribution is 6.30. The van der Waals surface area contributed by atoms with Gasteiger partial charge in [-0.05, 0) is 32.4 Å². The van der Waals surface area contributed by atoms with E-state index in [1.54, 1.807) is 10.8 Å². The van der Waals surface area contributed by atoms with Gasteiger partial charge in [0.15, 0.2) is 6.21 Å². The number of hydrogen-bond donors (Lipinski definition) is 0. The molecule has 0 aromatic carbocycles. The number of carbonyl (C=O) groups is 1. The molecule has 0 spiro atoms. The largest absolute Gasteiger partial charge is 0.597 e. The maximum absolute atomic E-state index is 12.4. The smallest absolute Gasteiger partial charge is 0.406 e. The molecule has 2 rings (SSSR count). The van der Waals surface area contributed by atoms with E-state index < -0.39 is 5.60 Å². The molecule has 0 fully saturated rings. The number of rotatable bonds is 1. The van der Waals surface area contributed by atoms with Gasteiger partial charge in [-0.3, -0.25) is 4.98 Å². The second-order valence-corrected chi connectivity index (χ2v) is 7.10. The van der Waals surface area contributed by atoms with E-state index in [1.807, 2.05) is 33.1 Å². The Morgan fingerprint density at radius 2 is 2.14 bits per heavy atom. The zero-order valence-electron chi connectivity index (χ0n) is 13.2. The summed E-state index contributed by atoms with van der Waals surface area (Å²) < 4.78 is 7.16. The topological polar surface area (TPSA) is 42.2 Å². The van der Waals surface area contributed by atoms with Gasteiger partial charge in [0, 0.05) is 12.1 Å². The van der Waals surface area contributed by atoms with Crippen LogP contribution in [-0.4, -0.2) is 27.5 Å². The minimum Gasteiger partial charge on any atom is -0.406 e. The van der Waals surface area contributed by atoms with E-state index in [1.165, 1.54) is 0 Å². The van der Waals surface area contributed by atoms with Crippen LogP contribution in [0.4, 0.5) is 4.79 Å². The van der Waals surface area contributed by atoms with E-state index in [2.05, 4.69) is 18.8 Å². The van der Waals surface area contributed by atoms with Gasteiger partial charge in [0.1, 0.15) is 11.3 Å². The SMILES string of the molecule is CC(C)[C@@H]1c2ncc(Cl)cc2CC=[N+]1C(=O)OC(C)(C)C. The van der Waals surface area contributed by atoms with Crippen LogP contribution in [0.2, 0.25) is 5.02 Å². The van der Waals surface area contributed by atoms with Crippen molar-refractivity contribution in [2.24, 2.45) is 5.92 Å². The van der Waals surface area contributed by atoms with E-state index in [4.69, 9.17) is 16.3 Å². The van der Waals surface area contributed by atoms with Crippen LogP contribution in [0.1, 0.15) is 51.9 Å². The zero-order valence-corrected chi connectivity index (χ0v) is 13.9. The third-order valence-corrected chi connectivity index (χ3v) is 3.50. The fourth-order valence-corrected chi connectivity index (χ4v) is 2.68. The Morgan fingerprint density at radius 1 is 1.48 bits per heavy atom. The molecule has 2 heterocycles. The first-order chi connectivity index (χ1) is 9.69. The predicted molar refractivity (Wildman–Crippen MR) is 83.1 cm³/mol. The second-order valence-electron chi connectivity index (χ2n) is 6.66. The minimum absolute atomic E-state index is 0.124. The van der Waals surface area contributed by atoms with E-state index in [-0.39, 0.29) is 18.1 Å². The van der Waals surface area contributed by atoms with Crippen LogP contribution in [0.5, 0.6) is 0 Å². The van der Waals surface area contributed by atoms with Crippen molar-refractivity contribution < 1.29 is 14.1 Å². The standard InChI is InChI=1S/C16H22ClN2O2/c1-10(2)14-13-11(8-12(17)9-18-13)6-7-19(14)15(20)21-16(3,4)5/h7-10,14H,6H2,1-5H3/q+1/t14-/m1/s1. The molecule has 21 heavy (non-hydrogen) atoms. The highest BCUT2D eigenvalue weighted by Gasteiger charge is 2.40. The summed E-state index contributed by atoms with van der Waals surface area (Å²) in [5.41, 5.74) is 1.46. The molecule has 4 nitrogen and oxygen atoms in total. The summed E-state index contributed by atoms with van der Waals surface area (Å²) in [6.45, 7) is 9.74. The van der Waals surface area contributed by atoms with Crippen LogP contribution in [-0.2, 0) is 11.2 Å². The monoisotopic (exact) mass is 309 g/mol. The molecule has 0 N–H and O–H groups in total. The Morgan fingerprint density at radius 3 is 2.71 bits per heavy atom. The van der Waals surface area contributed by atoms with Gasteiger partial charge in [-0.2, -0.15) is 4.79 Å². The lowest BCUT2D eigenvalue weighted by atomic mass is 9.93. The summed E-state index contributed by atoms with van der Waals surface area (Å²) >= 11 is 6.01. The van der Waals surface area contributed by atoms with Crippen LogP contribution in [0, 0.1) is 5.92 Å². The fourth-order valence-electron chi connectivity index (χ4n) is 2.50. The predicted octanol–water partition coefficient (Wildman–Crippen LogP) is 4.01. The van der Waals surface area contributed by atoms with Crippen molar-refractivity contribution >= 4 is 23.9 Å². The number of aromatic nitrogens is 1. The van der Waals surface area contributed by atoms with Gasteiger partial charge in [-0.25, -0.2) is 0 Å². The lowest BCUT2D eigenvalue weighted by Crippen LogP contribution is -2.38. The Hall–Kier alpha value is -1.42. The van der Waals surface area contributed by atoms with Crippen LogP contribution < -0.4 is 0 Å². The third kappa shape index (κ3) is 3.62. The van der Waals surface area contributed by atoms with Crippen LogP contribution in [0.25, 0.3) is 0 Å². The first-order valence-electron chi connectivity index (χ1n) is 7.18. The highest BCUT2D eigenvalue weighted by atomic mass is 35.5. The Balaban J connectivity index is 2.38. The molecule has 114 valence electrons. The number of hydrogen-bond acceptors (Lipinski definition) is 3. The molecule has 0 radical (unpaired) electrons. The Kier molecular flexibility index (Phi) is 4.38. The normalized spacial score (nSPS) is 18.2. The van der Waals surface area contributed by atoms with Gasteiger partial charge in [0.2, 0.25) is 6.04 Å². The number of pyridine rings is 1. The van der Waals surface area contributed by atoms with Gasteiger partial charge in [-0.1, -0.05) is 25.4 Å². The lowest BCUT2D eigenvalue weighted by molar-refractivity contribution is -0.506. The second kappa shape index (κ2) is 5.76. The summed E-state index contributed by atoms with van der Waals surface area (Å²) in [5.74, 6) is 0.224. The Bertz CT molecular complexity index is 588. The third-order valence-electron chi connectivity index (χ3n) is 3.29. The molecule has 0 saturated heterocycles. The molecule has 1 aliphatic rings. The van der Waals surface area contributed by atoms with Crippen molar-refractivity contribution in [2.75, 3.05) is 0 Å². The van der Waals surface area contributed by atoms with Crippen molar-refractivity contribution in [2.45, 2.75) is 52.7 Å². The minimum atomic E-state index is -0.514. The summed E-state index contributed by atoms with van der Waals surface area (Å²) in [6.07, 6.45) is 3.81. The van der Waals surface area contributed by atoms with Gasteiger partial charge in [0.05, 0.1) is 11.4 Å². The van der Waals surface area contributed by atoms with Gasteiger partial charge in [-0.15, -0.1) is 4.58 Å². The number of carbonyl (C=O) groups excluding carboxylic acids is 1. The summed E-state index contributed by atoms with van der Waals surface area (Å²) in [7, 11) is 0. The highest BCUT2D eigenvalue weighted by Crippen LogP contribution is 2.31. The molecule has 0 unspecified atom stereocenters. The first kappa shape index (κ1) is 16.0. The van der Waals surface area contributed by atoms with E-state index in [0.717, 1.165) is 11.3 Å². The van der Waals surface area contributed by atoms with Crippen LogP contribution in [0.3, 0.4) is 0 Å². The fraction of sp³-hybridized carbons (Fsp3) is 0.562. The van der Waals surface area contributed by atoms with Crippen molar-refractivity contribution in [1.29, 1.82) is 0 Å². The molecule has 1 aromatic heterocycles. The van der Waals surface area contributed by atoms with Crippen LogP contribution in [0.15, 0.2) is 12.3 Å². The number of halogens is 1. The van der Waals surface area contributed by atoms with Crippen LogP contribution >= 0.6 is 11.6 Å². The van der Waals surface area contributed by atoms with Crippen molar-refractivity contribution in [3.63, 3.8) is 0 Å². The molecule has 1 amide bonds. The molecule has 0 bridgehead atoms. The quantitative estimate of drug-likeness (QED) is 0.736.